The van der Waals surface area contributed by atoms with Gasteiger partial charge in [0.15, 0.2) is 0 Å². The maximum absolute atomic E-state index is 11.9. The molecule has 0 saturated heterocycles. The molecule has 18 heavy (non-hydrogen) atoms. The van der Waals surface area contributed by atoms with E-state index < -0.39 is 12.6 Å². The third kappa shape index (κ3) is 6.20. The zero-order valence-corrected chi connectivity index (χ0v) is 10.9. The van der Waals surface area contributed by atoms with E-state index in [9.17, 15) is 13.2 Å². The lowest BCUT2D eigenvalue weighted by Gasteiger charge is -2.06. The first-order chi connectivity index (χ1) is 8.53. The summed E-state index contributed by atoms with van der Waals surface area (Å²) in [6, 6.07) is 0. The minimum atomic E-state index is -4.09. The van der Waals surface area contributed by atoms with Gasteiger partial charge in [0.1, 0.15) is 0 Å². The third-order valence-electron chi connectivity index (χ3n) is 2.09. The SMILES string of the molecule is CCNCCn1nnnc1SCCCC(F)(F)F. The van der Waals surface area contributed by atoms with Crippen LogP contribution < -0.4 is 5.32 Å². The van der Waals surface area contributed by atoms with Crippen molar-refractivity contribution in [3.05, 3.63) is 0 Å². The van der Waals surface area contributed by atoms with Crippen molar-refractivity contribution in [3.63, 3.8) is 0 Å². The predicted molar refractivity (Wildman–Crippen MR) is 62.4 cm³/mol. The second-order valence-electron chi connectivity index (χ2n) is 3.61. The molecule has 0 spiro atoms. The van der Waals surface area contributed by atoms with Crippen molar-refractivity contribution in [1.82, 2.24) is 25.5 Å². The van der Waals surface area contributed by atoms with E-state index in [4.69, 9.17) is 0 Å². The molecular weight excluding hydrogens is 267 g/mol. The van der Waals surface area contributed by atoms with Crippen LogP contribution in [0.1, 0.15) is 19.8 Å². The third-order valence-corrected chi connectivity index (χ3v) is 3.13. The van der Waals surface area contributed by atoms with Crippen molar-refractivity contribution in [2.24, 2.45) is 0 Å². The first kappa shape index (κ1) is 15.2. The maximum atomic E-state index is 11.9. The molecule has 0 radical (unpaired) electrons. The Balaban J connectivity index is 2.27. The first-order valence-corrected chi connectivity index (χ1v) is 6.68. The van der Waals surface area contributed by atoms with Gasteiger partial charge in [-0.15, -0.1) is 5.10 Å². The molecular formula is C9H16F3N5S. The number of hydrogen-bond acceptors (Lipinski definition) is 5. The van der Waals surface area contributed by atoms with Crippen LogP contribution in [0.3, 0.4) is 0 Å². The molecule has 1 N–H and O–H groups in total. The van der Waals surface area contributed by atoms with Crippen molar-refractivity contribution in [2.75, 3.05) is 18.8 Å². The van der Waals surface area contributed by atoms with E-state index >= 15 is 0 Å². The Morgan fingerprint density at radius 1 is 1.39 bits per heavy atom. The summed E-state index contributed by atoms with van der Waals surface area (Å²) in [4.78, 5) is 0. The molecule has 1 aromatic rings. The summed E-state index contributed by atoms with van der Waals surface area (Å²) in [7, 11) is 0. The fourth-order valence-electron chi connectivity index (χ4n) is 1.24. The zero-order valence-electron chi connectivity index (χ0n) is 10.1. The maximum Gasteiger partial charge on any atom is 0.389 e. The number of aromatic nitrogens is 4. The fourth-order valence-corrected chi connectivity index (χ4v) is 2.08. The van der Waals surface area contributed by atoms with Crippen molar-refractivity contribution in [1.29, 1.82) is 0 Å². The average Bonchev–Trinajstić information content (AvgIpc) is 2.71. The van der Waals surface area contributed by atoms with Gasteiger partial charge >= 0.3 is 6.18 Å². The normalized spacial score (nSPS) is 12.0. The lowest BCUT2D eigenvalue weighted by Crippen LogP contribution is -2.20. The topological polar surface area (TPSA) is 55.6 Å². The Labute approximate surface area is 108 Å². The highest BCUT2D eigenvalue weighted by molar-refractivity contribution is 7.99. The molecule has 0 aromatic carbocycles. The van der Waals surface area contributed by atoms with Crippen LogP contribution in [0, 0.1) is 0 Å². The number of thioether (sulfide) groups is 1. The molecule has 1 heterocycles. The van der Waals surface area contributed by atoms with Gasteiger partial charge in [-0.05, 0) is 23.4 Å². The van der Waals surface area contributed by atoms with Crippen LogP contribution in [-0.2, 0) is 6.54 Å². The lowest BCUT2D eigenvalue weighted by atomic mass is 10.3. The predicted octanol–water partition coefficient (Wildman–Crippen LogP) is 1.72. The molecule has 0 saturated carbocycles. The smallest absolute Gasteiger partial charge is 0.315 e. The summed E-state index contributed by atoms with van der Waals surface area (Å²) in [6.45, 7) is 4.20. The van der Waals surface area contributed by atoms with Crippen LogP contribution >= 0.6 is 11.8 Å². The number of rotatable bonds is 8. The number of alkyl halides is 3. The molecule has 5 nitrogen and oxygen atoms in total. The monoisotopic (exact) mass is 283 g/mol. The van der Waals surface area contributed by atoms with E-state index in [0.29, 0.717) is 17.5 Å². The van der Waals surface area contributed by atoms with E-state index in [2.05, 4.69) is 20.8 Å². The highest BCUT2D eigenvalue weighted by Crippen LogP contribution is 2.24. The number of likely N-dealkylation sites (N-methyl/N-ethyl adjacent to an activating group) is 1. The molecule has 0 aliphatic rings. The molecule has 9 heteroatoms. The van der Waals surface area contributed by atoms with Crippen LogP contribution in [-0.4, -0.2) is 45.2 Å². The van der Waals surface area contributed by atoms with Gasteiger partial charge in [0, 0.05) is 18.7 Å². The molecule has 104 valence electrons. The number of hydrogen-bond donors (Lipinski definition) is 1. The van der Waals surface area contributed by atoms with Crippen molar-refractivity contribution < 1.29 is 13.2 Å². The number of tetrazole rings is 1. The molecule has 0 fully saturated rings. The minimum absolute atomic E-state index is 0.0776. The zero-order chi connectivity index (χ0) is 13.4. The molecule has 0 atom stereocenters. The second kappa shape index (κ2) is 7.57. The van der Waals surface area contributed by atoms with Gasteiger partial charge in [-0.2, -0.15) is 13.2 Å². The van der Waals surface area contributed by atoms with Crippen LogP contribution in [0.4, 0.5) is 13.2 Å². The van der Waals surface area contributed by atoms with Crippen LogP contribution in [0.2, 0.25) is 0 Å². The van der Waals surface area contributed by atoms with Crippen LogP contribution in [0.5, 0.6) is 0 Å². The standard InChI is InChI=1S/C9H16F3N5S/c1-2-13-5-6-17-8(14-15-16-17)18-7-3-4-9(10,11)12/h13H,2-7H2,1H3. The van der Waals surface area contributed by atoms with Gasteiger partial charge in [-0.3, -0.25) is 0 Å². The fraction of sp³-hybridized carbons (Fsp3) is 0.889. The molecule has 1 rings (SSSR count). The van der Waals surface area contributed by atoms with Crippen molar-refractivity contribution in [2.45, 2.75) is 37.6 Å². The number of nitrogens with zero attached hydrogens (tertiary/aromatic N) is 4. The Bertz CT molecular complexity index is 341. The van der Waals surface area contributed by atoms with E-state index in [0.717, 1.165) is 13.1 Å². The van der Waals surface area contributed by atoms with Crippen molar-refractivity contribution in [3.8, 4) is 0 Å². The summed E-state index contributed by atoms with van der Waals surface area (Å²) in [5.41, 5.74) is 0. The summed E-state index contributed by atoms with van der Waals surface area (Å²) in [5, 5.41) is 14.8. The van der Waals surface area contributed by atoms with Crippen LogP contribution in [0.25, 0.3) is 0 Å². The number of nitrogens with one attached hydrogen (secondary N) is 1. The highest BCUT2D eigenvalue weighted by atomic mass is 32.2. The quantitative estimate of drug-likeness (QED) is 0.581. The largest absolute Gasteiger partial charge is 0.389 e. The lowest BCUT2D eigenvalue weighted by molar-refractivity contribution is -0.134. The molecule has 1 aromatic heterocycles. The van der Waals surface area contributed by atoms with Crippen LogP contribution in [0.15, 0.2) is 5.16 Å². The molecule has 0 unspecified atom stereocenters. The molecule has 0 amide bonds. The number of halogens is 3. The van der Waals surface area contributed by atoms with E-state index in [-0.39, 0.29) is 6.42 Å². The molecule has 0 aliphatic heterocycles. The van der Waals surface area contributed by atoms with Gasteiger partial charge < -0.3 is 5.32 Å². The highest BCUT2D eigenvalue weighted by Gasteiger charge is 2.26. The van der Waals surface area contributed by atoms with E-state index in [1.165, 1.54) is 11.8 Å². The Kier molecular flexibility index (Phi) is 6.41. The molecule has 0 bridgehead atoms. The summed E-state index contributed by atoms with van der Waals surface area (Å²) in [6.07, 6.45) is -4.77. The Morgan fingerprint density at radius 2 is 2.17 bits per heavy atom. The minimum Gasteiger partial charge on any atom is -0.315 e. The van der Waals surface area contributed by atoms with Crippen molar-refractivity contribution >= 4 is 11.8 Å². The van der Waals surface area contributed by atoms with Gasteiger partial charge in [-0.1, -0.05) is 18.7 Å². The first-order valence-electron chi connectivity index (χ1n) is 5.69. The Hall–Kier alpha value is -0.830. The Morgan fingerprint density at radius 3 is 2.83 bits per heavy atom. The van der Waals surface area contributed by atoms with E-state index in [1.807, 2.05) is 6.92 Å². The molecule has 0 aliphatic carbocycles. The van der Waals surface area contributed by atoms with Gasteiger partial charge in [0.05, 0.1) is 6.54 Å². The average molecular weight is 283 g/mol. The van der Waals surface area contributed by atoms with Gasteiger partial charge in [0.2, 0.25) is 5.16 Å². The second-order valence-corrected chi connectivity index (χ2v) is 4.67. The summed E-state index contributed by atoms with van der Waals surface area (Å²) >= 11 is 1.25. The van der Waals surface area contributed by atoms with Gasteiger partial charge in [-0.25, -0.2) is 4.68 Å². The summed E-state index contributed by atoms with van der Waals surface area (Å²) in [5.74, 6) is 0.362. The summed E-state index contributed by atoms with van der Waals surface area (Å²) < 4.78 is 37.4. The van der Waals surface area contributed by atoms with Gasteiger partial charge in [0.25, 0.3) is 0 Å². The van der Waals surface area contributed by atoms with E-state index in [1.54, 1.807) is 4.68 Å².